The first-order chi connectivity index (χ1) is 13.5. The summed E-state index contributed by atoms with van der Waals surface area (Å²) in [5, 5.41) is 9.69. The fraction of sp³-hybridized carbons (Fsp3) is 0.227. The molecule has 0 atom stereocenters. The number of carboxylic acid groups (broad SMARTS) is 1. The van der Waals surface area contributed by atoms with E-state index in [0.717, 1.165) is 29.7 Å². The van der Waals surface area contributed by atoms with Crippen molar-refractivity contribution in [2.75, 3.05) is 6.54 Å². The summed E-state index contributed by atoms with van der Waals surface area (Å²) >= 11 is 1.35. The van der Waals surface area contributed by atoms with E-state index in [2.05, 4.69) is 11.9 Å². The van der Waals surface area contributed by atoms with E-state index in [-0.39, 0.29) is 11.5 Å². The van der Waals surface area contributed by atoms with E-state index < -0.39 is 5.97 Å². The number of amides is 1. The van der Waals surface area contributed by atoms with Gasteiger partial charge in [0.15, 0.2) is 5.17 Å². The number of aromatic carboxylic acids is 1. The molecule has 0 aromatic heterocycles. The lowest BCUT2D eigenvalue weighted by Crippen LogP contribution is -2.30. The summed E-state index contributed by atoms with van der Waals surface area (Å²) in [6.45, 7) is 4.74. The topological polar surface area (TPSA) is 70.0 Å². The van der Waals surface area contributed by atoms with Crippen LogP contribution in [0.3, 0.4) is 0 Å². The first-order valence-corrected chi connectivity index (χ1v) is 9.99. The maximum atomic E-state index is 12.9. The number of amidine groups is 1. The van der Waals surface area contributed by atoms with E-state index in [1.54, 1.807) is 23.1 Å². The Hall–Kier alpha value is -2.86. The van der Waals surface area contributed by atoms with Gasteiger partial charge in [0.25, 0.3) is 5.91 Å². The molecule has 1 N–H and O–H groups in total. The Morgan fingerprint density at radius 2 is 1.82 bits per heavy atom. The second-order valence-corrected chi connectivity index (χ2v) is 7.59. The van der Waals surface area contributed by atoms with E-state index >= 15 is 0 Å². The summed E-state index contributed by atoms with van der Waals surface area (Å²) in [5.41, 5.74) is 2.98. The minimum absolute atomic E-state index is 0.0633. The highest BCUT2D eigenvalue weighted by Crippen LogP contribution is 2.34. The summed E-state index contributed by atoms with van der Waals surface area (Å²) in [4.78, 5) is 30.9. The van der Waals surface area contributed by atoms with Crippen molar-refractivity contribution in [2.45, 2.75) is 26.7 Å². The standard InChI is InChI=1S/C22H22N2O3S/c1-3-4-13-24-20(25)19(14-16-7-9-17(10-8-16)21(26)27)28-22(24)23-18-11-5-15(2)6-12-18/h5-12,14H,3-4,13H2,1-2H3,(H,26,27). The van der Waals surface area contributed by atoms with E-state index in [1.807, 2.05) is 31.2 Å². The van der Waals surface area contributed by atoms with Gasteiger partial charge < -0.3 is 5.11 Å². The molecule has 1 heterocycles. The molecule has 28 heavy (non-hydrogen) atoms. The van der Waals surface area contributed by atoms with Crippen LogP contribution in [0.15, 0.2) is 58.4 Å². The molecule has 0 radical (unpaired) electrons. The number of hydrogen-bond donors (Lipinski definition) is 1. The number of hydrogen-bond acceptors (Lipinski definition) is 4. The minimum atomic E-state index is -0.969. The SMILES string of the molecule is CCCCN1C(=O)C(=Cc2ccc(C(=O)O)cc2)SC1=Nc1ccc(C)cc1. The number of benzene rings is 2. The third-order valence-electron chi connectivity index (χ3n) is 4.34. The molecule has 0 spiro atoms. The van der Waals surface area contributed by atoms with Crippen molar-refractivity contribution < 1.29 is 14.7 Å². The van der Waals surface area contributed by atoms with Crippen molar-refractivity contribution >= 4 is 40.6 Å². The quantitative estimate of drug-likeness (QED) is 0.692. The van der Waals surface area contributed by atoms with Gasteiger partial charge in [0, 0.05) is 6.54 Å². The van der Waals surface area contributed by atoms with Gasteiger partial charge >= 0.3 is 5.97 Å². The molecule has 6 heteroatoms. The molecule has 1 amide bonds. The van der Waals surface area contributed by atoms with E-state index in [1.165, 1.54) is 23.9 Å². The van der Waals surface area contributed by atoms with Gasteiger partial charge in [-0.15, -0.1) is 0 Å². The Bertz CT molecular complexity index is 931. The van der Waals surface area contributed by atoms with Crippen molar-refractivity contribution in [2.24, 2.45) is 4.99 Å². The lowest BCUT2D eigenvalue weighted by atomic mass is 10.1. The van der Waals surface area contributed by atoms with E-state index in [4.69, 9.17) is 5.11 Å². The van der Waals surface area contributed by atoms with Gasteiger partial charge in [-0.2, -0.15) is 0 Å². The normalized spacial score (nSPS) is 16.9. The Labute approximate surface area is 168 Å². The molecular formula is C22H22N2O3S. The zero-order valence-electron chi connectivity index (χ0n) is 15.9. The van der Waals surface area contributed by atoms with Crippen LogP contribution in [0, 0.1) is 6.92 Å². The van der Waals surface area contributed by atoms with Gasteiger partial charge in [-0.05, 0) is 61.0 Å². The summed E-state index contributed by atoms with van der Waals surface area (Å²) in [6, 6.07) is 14.4. The fourth-order valence-electron chi connectivity index (χ4n) is 2.71. The number of carbonyl (C=O) groups is 2. The van der Waals surface area contributed by atoms with Gasteiger partial charge in [0.2, 0.25) is 0 Å². The number of unbranched alkanes of at least 4 members (excludes halogenated alkanes) is 1. The number of carbonyl (C=O) groups excluding carboxylic acids is 1. The van der Waals surface area contributed by atoms with Crippen molar-refractivity contribution in [3.8, 4) is 0 Å². The first kappa shape index (κ1) is 19.9. The predicted molar refractivity (Wildman–Crippen MR) is 114 cm³/mol. The average Bonchev–Trinajstić information content (AvgIpc) is 2.97. The molecule has 2 aromatic rings. The molecule has 144 valence electrons. The number of aliphatic imine (C=N–C) groups is 1. The van der Waals surface area contributed by atoms with Crippen LogP contribution < -0.4 is 0 Å². The highest BCUT2D eigenvalue weighted by molar-refractivity contribution is 8.18. The minimum Gasteiger partial charge on any atom is -0.478 e. The van der Waals surface area contributed by atoms with Crippen LogP contribution in [-0.4, -0.2) is 33.6 Å². The molecule has 0 aliphatic carbocycles. The van der Waals surface area contributed by atoms with Crippen LogP contribution in [0.25, 0.3) is 6.08 Å². The molecule has 5 nitrogen and oxygen atoms in total. The first-order valence-electron chi connectivity index (χ1n) is 9.18. The second kappa shape index (κ2) is 8.89. The number of nitrogens with zero attached hydrogens (tertiary/aromatic N) is 2. The molecule has 1 fully saturated rings. The highest BCUT2D eigenvalue weighted by Gasteiger charge is 2.32. The molecule has 1 saturated heterocycles. The molecule has 0 bridgehead atoms. The smallest absolute Gasteiger partial charge is 0.335 e. The van der Waals surface area contributed by atoms with Crippen LogP contribution in [0.1, 0.15) is 41.3 Å². The lowest BCUT2D eigenvalue weighted by Gasteiger charge is -2.14. The molecule has 1 aliphatic heterocycles. The van der Waals surface area contributed by atoms with Crippen LogP contribution >= 0.6 is 11.8 Å². The fourth-order valence-corrected chi connectivity index (χ4v) is 3.73. The number of aryl methyl sites for hydroxylation is 1. The summed E-state index contributed by atoms with van der Waals surface area (Å²) < 4.78 is 0. The van der Waals surface area contributed by atoms with Gasteiger partial charge in [-0.3, -0.25) is 9.69 Å². The molecule has 2 aromatic carbocycles. The third kappa shape index (κ3) is 4.70. The van der Waals surface area contributed by atoms with Crippen molar-refractivity contribution in [3.05, 3.63) is 70.1 Å². The largest absolute Gasteiger partial charge is 0.478 e. The molecule has 1 aliphatic rings. The predicted octanol–water partition coefficient (Wildman–Crippen LogP) is 5.10. The van der Waals surface area contributed by atoms with Crippen molar-refractivity contribution in [1.29, 1.82) is 0 Å². The van der Waals surface area contributed by atoms with Gasteiger partial charge in [0.1, 0.15) is 0 Å². The Balaban J connectivity index is 1.89. The van der Waals surface area contributed by atoms with E-state index in [9.17, 15) is 9.59 Å². The number of rotatable bonds is 6. The molecule has 0 unspecified atom stereocenters. The van der Waals surface area contributed by atoms with Crippen LogP contribution in [-0.2, 0) is 4.79 Å². The summed E-state index contributed by atoms with van der Waals surface area (Å²) in [7, 11) is 0. The average molecular weight is 394 g/mol. The molecular weight excluding hydrogens is 372 g/mol. The van der Waals surface area contributed by atoms with Gasteiger partial charge in [-0.1, -0.05) is 43.2 Å². The summed E-state index contributed by atoms with van der Waals surface area (Å²) in [6.07, 6.45) is 3.68. The third-order valence-corrected chi connectivity index (χ3v) is 5.34. The zero-order valence-corrected chi connectivity index (χ0v) is 16.7. The van der Waals surface area contributed by atoms with Gasteiger partial charge in [-0.25, -0.2) is 9.79 Å². The van der Waals surface area contributed by atoms with Crippen LogP contribution in [0.5, 0.6) is 0 Å². The highest BCUT2D eigenvalue weighted by atomic mass is 32.2. The molecule has 0 saturated carbocycles. The van der Waals surface area contributed by atoms with Crippen molar-refractivity contribution in [3.63, 3.8) is 0 Å². The summed E-state index contributed by atoms with van der Waals surface area (Å²) in [5.74, 6) is -1.03. The monoisotopic (exact) mass is 394 g/mol. The lowest BCUT2D eigenvalue weighted by molar-refractivity contribution is -0.122. The van der Waals surface area contributed by atoms with Crippen LogP contribution in [0.2, 0.25) is 0 Å². The van der Waals surface area contributed by atoms with Crippen LogP contribution in [0.4, 0.5) is 5.69 Å². The van der Waals surface area contributed by atoms with Gasteiger partial charge in [0.05, 0.1) is 16.2 Å². The molecule has 3 rings (SSSR count). The van der Waals surface area contributed by atoms with E-state index in [0.29, 0.717) is 16.6 Å². The maximum Gasteiger partial charge on any atom is 0.335 e. The number of carboxylic acids is 1. The van der Waals surface area contributed by atoms with Crippen molar-refractivity contribution in [1.82, 2.24) is 4.90 Å². The second-order valence-electron chi connectivity index (χ2n) is 6.58. The zero-order chi connectivity index (χ0) is 20.1. The number of thioether (sulfide) groups is 1. The maximum absolute atomic E-state index is 12.9. The Kier molecular flexibility index (Phi) is 6.31. The Morgan fingerprint density at radius 3 is 2.43 bits per heavy atom. The Morgan fingerprint density at radius 1 is 1.14 bits per heavy atom.